The molecule has 0 aromatic heterocycles. The van der Waals surface area contributed by atoms with E-state index in [-0.39, 0.29) is 6.04 Å². The second-order valence-corrected chi connectivity index (χ2v) is 7.51. The normalized spacial score (nSPS) is 20.1. The highest BCUT2D eigenvalue weighted by Crippen LogP contribution is 2.32. The summed E-state index contributed by atoms with van der Waals surface area (Å²) >= 11 is 3.43. The van der Waals surface area contributed by atoms with Crippen LogP contribution in [0.5, 0.6) is 0 Å². The first-order valence-electron chi connectivity index (χ1n) is 6.08. The number of sulfonamides is 1. The zero-order chi connectivity index (χ0) is 14.0. The van der Waals surface area contributed by atoms with Crippen molar-refractivity contribution in [2.45, 2.75) is 25.3 Å². The summed E-state index contributed by atoms with van der Waals surface area (Å²) in [6, 6.07) is 5.59. The monoisotopic (exact) mass is 344 g/mol. The number of nitrogens with one attached hydrogen (secondary N) is 1. The maximum Gasteiger partial charge on any atom is 0.209 e. The number of rotatable bonds is 3. The summed E-state index contributed by atoms with van der Waals surface area (Å²) < 4.78 is 26.2. The smallest absolute Gasteiger partial charge is 0.209 e. The fraction of sp³-hybridized carbons (Fsp3) is 0.385. The fourth-order valence-corrected chi connectivity index (χ4v) is 3.42. The van der Waals surface area contributed by atoms with Crippen LogP contribution in [0.15, 0.2) is 28.7 Å². The molecule has 0 amide bonds. The standard InChI is InChI=1S/C13H17BrN2O2S/c1-19(17,18)16-11-4-2-3-9(7-11)12-8-10(14)5-6-13(12)15/h5-8,11,16H,2-4,15H2,1H3. The molecule has 6 heteroatoms. The highest BCUT2D eigenvalue weighted by molar-refractivity contribution is 9.10. The summed E-state index contributed by atoms with van der Waals surface area (Å²) in [6.07, 6.45) is 5.85. The van der Waals surface area contributed by atoms with Crippen molar-refractivity contribution in [3.63, 3.8) is 0 Å². The molecule has 1 aromatic rings. The molecule has 1 aromatic carbocycles. The van der Waals surface area contributed by atoms with E-state index in [0.29, 0.717) is 0 Å². The van der Waals surface area contributed by atoms with Gasteiger partial charge >= 0.3 is 0 Å². The molecule has 0 bridgehead atoms. The highest BCUT2D eigenvalue weighted by Gasteiger charge is 2.18. The highest BCUT2D eigenvalue weighted by atomic mass is 79.9. The number of hydrogen-bond acceptors (Lipinski definition) is 3. The SMILES string of the molecule is CS(=O)(=O)NC1C=C(c2cc(Br)ccc2N)CCC1. The van der Waals surface area contributed by atoms with Gasteiger partial charge < -0.3 is 5.73 Å². The molecule has 104 valence electrons. The zero-order valence-corrected chi connectivity index (χ0v) is 13.1. The minimum Gasteiger partial charge on any atom is -0.398 e. The number of halogens is 1. The predicted octanol–water partition coefficient (Wildman–Crippen LogP) is 2.52. The van der Waals surface area contributed by atoms with Gasteiger partial charge in [-0.05, 0) is 43.0 Å². The Morgan fingerprint density at radius 1 is 1.42 bits per heavy atom. The molecule has 0 spiro atoms. The Morgan fingerprint density at radius 2 is 2.16 bits per heavy atom. The van der Waals surface area contributed by atoms with Crippen molar-refractivity contribution in [2.75, 3.05) is 12.0 Å². The van der Waals surface area contributed by atoms with E-state index >= 15 is 0 Å². The molecule has 0 radical (unpaired) electrons. The number of hydrogen-bond donors (Lipinski definition) is 2. The van der Waals surface area contributed by atoms with Crippen molar-refractivity contribution in [3.05, 3.63) is 34.3 Å². The number of benzene rings is 1. The van der Waals surface area contributed by atoms with Gasteiger partial charge in [0, 0.05) is 21.8 Å². The lowest BCUT2D eigenvalue weighted by Crippen LogP contribution is -2.33. The minimum absolute atomic E-state index is 0.142. The number of allylic oxidation sites excluding steroid dienone is 1. The summed E-state index contributed by atoms with van der Waals surface area (Å²) in [4.78, 5) is 0. The first kappa shape index (κ1) is 14.6. The molecule has 1 unspecified atom stereocenters. The first-order chi connectivity index (χ1) is 8.85. The largest absolute Gasteiger partial charge is 0.398 e. The van der Waals surface area contributed by atoms with Gasteiger partial charge in [-0.25, -0.2) is 13.1 Å². The Morgan fingerprint density at radius 3 is 2.84 bits per heavy atom. The Balaban J connectivity index is 2.31. The van der Waals surface area contributed by atoms with Crippen LogP contribution in [-0.4, -0.2) is 20.7 Å². The van der Waals surface area contributed by atoms with E-state index < -0.39 is 10.0 Å². The van der Waals surface area contributed by atoms with E-state index in [4.69, 9.17) is 5.73 Å². The lowest BCUT2D eigenvalue weighted by Gasteiger charge is -2.22. The van der Waals surface area contributed by atoms with Gasteiger partial charge in [-0.2, -0.15) is 0 Å². The molecule has 0 saturated carbocycles. The number of anilines is 1. The van der Waals surface area contributed by atoms with Gasteiger partial charge in [0.25, 0.3) is 0 Å². The van der Waals surface area contributed by atoms with E-state index in [1.807, 2.05) is 24.3 Å². The van der Waals surface area contributed by atoms with E-state index in [0.717, 1.165) is 40.6 Å². The van der Waals surface area contributed by atoms with Crippen LogP contribution in [0.4, 0.5) is 5.69 Å². The third kappa shape index (κ3) is 4.06. The van der Waals surface area contributed by atoms with Crippen molar-refractivity contribution in [1.29, 1.82) is 0 Å². The van der Waals surface area contributed by atoms with Crippen LogP contribution in [0.25, 0.3) is 5.57 Å². The maximum atomic E-state index is 11.3. The maximum absolute atomic E-state index is 11.3. The molecule has 19 heavy (non-hydrogen) atoms. The van der Waals surface area contributed by atoms with Crippen LogP contribution in [0.1, 0.15) is 24.8 Å². The molecule has 0 saturated heterocycles. The number of nitrogen functional groups attached to an aromatic ring is 1. The van der Waals surface area contributed by atoms with Crippen LogP contribution < -0.4 is 10.5 Å². The molecule has 2 rings (SSSR count). The van der Waals surface area contributed by atoms with Crippen LogP contribution in [0.2, 0.25) is 0 Å². The van der Waals surface area contributed by atoms with E-state index in [2.05, 4.69) is 20.7 Å². The molecule has 0 heterocycles. The van der Waals surface area contributed by atoms with Crippen molar-refractivity contribution < 1.29 is 8.42 Å². The van der Waals surface area contributed by atoms with Crippen LogP contribution >= 0.6 is 15.9 Å². The van der Waals surface area contributed by atoms with Gasteiger partial charge in [-0.1, -0.05) is 22.0 Å². The van der Waals surface area contributed by atoms with Gasteiger partial charge in [0.2, 0.25) is 10.0 Å². The molecule has 4 nitrogen and oxygen atoms in total. The second-order valence-electron chi connectivity index (χ2n) is 4.81. The average Bonchev–Trinajstić information content (AvgIpc) is 2.30. The topological polar surface area (TPSA) is 72.2 Å². The van der Waals surface area contributed by atoms with Gasteiger partial charge in [0.1, 0.15) is 0 Å². The van der Waals surface area contributed by atoms with Gasteiger partial charge in [0.15, 0.2) is 0 Å². The third-order valence-corrected chi connectivity index (χ3v) is 4.31. The molecular formula is C13H17BrN2O2S. The summed E-state index contributed by atoms with van der Waals surface area (Å²) in [5.41, 5.74) is 8.79. The van der Waals surface area contributed by atoms with Gasteiger partial charge in [0.05, 0.1) is 6.26 Å². The second kappa shape index (κ2) is 5.64. The Bertz CT molecular complexity index is 611. The molecule has 1 atom stereocenters. The summed E-state index contributed by atoms with van der Waals surface area (Å²) in [6.45, 7) is 0. The molecular weight excluding hydrogens is 328 g/mol. The van der Waals surface area contributed by atoms with Crippen molar-refractivity contribution in [3.8, 4) is 0 Å². The Labute approximate surface area is 122 Å². The summed E-state index contributed by atoms with van der Waals surface area (Å²) in [5.74, 6) is 0. The first-order valence-corrected chi connectivity index (χ1v) is 8.77. The van der Waals surface area contributed by atoms with Crippen LogP contribution in [-0.2, 0) is 10.0 Å². The zero-order valence-electron chi connectivity index (χ0n) is 10.7. The van der Waals surface area contributed by atoms with Crippen LogP contribution in [0, 0.1) is 0 Å². The van der Waals surface area contributed by atoms with E-state index in [1.165, 1.54) is 6.26 Å². The van der Waals surface area contributed by atoms with Gasteiger partial charge in [-0.3, -0.25) is 0 Å². The fourth-order valence-electron chi connectivity index (χ4n) is 2.32. The average molecular weight is 345 g/mol. The summed E-state index contributed by atoms with van der Waals surface area (Å²) in [7, 11) is -3.18. The molecule has 1 aliphatic carbocycles. The molecule has 0 aliphatic heterocycles. The molecule has 3 N–H and O–H groups in total. The quantitative estimate of drug-likeness (QED) is 0.827. The van der Waals surface area contributed by atoms with E-state index in [1.54, 1.807) is 0 Å². The summed E-state index contributed by atoms with van der Waals surface area (Å²) in [5, 5.41) is 0. The molecule has 1 aliphatic rings. The van der Waals surface area contributed by atoms with Crippen molar-refractivity contribution >= 4 is 37.2 Å². The van der Waals surface area contributed by atoms with E-state index in [9.17, 15) is 8.42 Å². The predicted molar refractivity (Wildman–Crippen MR) is 82.1 cm³/mol. The van der Waals surface area contributed by atoms with Crippen molar-refractivity contribution in [2.24, 2.45) is 0 Å². The van der Waals surface area contributed by atoms with Crippen LogP contribution in [0.3, 0.4) is 0 Å². The molecule has 0 fully saturated rings. The lowest BCUT2D eigenvalue weighted by molar-refractivity contribution is 0.556. The Kier molecular flexibility index (Phi) is 4.32. The van der Waals surface area contributed by atoms with Crippen molar-refractivity contribution in [1.82, 2.24) is 4.72 Å². The Hall–Kier alpha value is -0.850. The third-order valence-electron chi connectivity index (χ3n) is 3.09. The number of nitrogens with two attached hydrogens (primary N) is 1. The minimum atomic E-state index is -3.18. The lowest BCUT2D eigenvalue weighted by atomic mass is 9.90. The van der Waals surface area contributed by atoms with Gasteiger partial charge in [-0.15, -0.1) is 0 Å².